The lowest BCUT2D eigenvalue weighted by molar-refractivity contribution is -0.105. The number of aldehydes is 1. The first-order chi connectivity index (χ1) is 7.67. The van der Waals surface area contributed by atoms with E-state index >= 15 is 0 Å². The molecule has 0 aliphatic carbocycles. The molecule has 0 aromatic heterocycles. The average Bonchev–Trinajstić information content (AvgIpc) is 2.28. The number of ether oxygens (including phenoxy) is 1. The van der Waals surface area contributed by atoms with Gasteiger partial charge in [0.25, 0.3) is 0 Å². The molecule has 0 aliphatic rings. The van der Waals surface area contributed by atoms with Gasteiger partial charge < -0.3 is 4.74 Å². The van der Waals surface area contributed by atoms with Crippen LogP contribution in [-0.2, 0) is 4.79 Å². The Labute approximate surface area is 96.9 Å². The van der Waals surface area contributed by atoms with Crippen molar-refractivity contribution in [3.05, 3.63) is 35.4 Å². The van der Waals surface area contributed by atoms with Gasteiger partial charge in [0.15, 0.2) is 0 Å². The van der Waals surface area contributed by atoms with E-state index in [0.29, 0.717) is 6.61 Å². The third kappa shape index (κ3) is 3.54. The van der Waals surface area contributed by atoms with Crippen LogP contribution >= 0.6 is 0 Å². The average molecular weight is 218 g/mol. The van der Waals surface area contributed by atoms with Crippen LogP contribution in [-0.4, -0.2) is 12.9 Å². The van der Waals surface area contributed by atoms with Gasteiger partial charge >= 0.3 is 0 Å². The van der Waals surface area contributed by atoms with Crippen molar-refractivity contribution in [1.29, 1.82) is 0 Å². The Morgan fingerprint density at radius 3 is 2.38 bits per heavy atom. The molecule has 0 fully saturated rings. The lowest BCUT2D eigenvalue weighted by atomic mass is 10.0. The maximum Gasteiger partial charge on any atom is 0.146 e. The molecule has 0 bridgehead atoms. The number of hydrogen-bond acceptors (Lipinski definition) is 2. The van der Waals surface area contributed by atoms with Crippen molar-refractivity contribution in [3.8, 4) is 5.75 Å². The minimum atomic E-state index is 0.254. The fourth-order valence-corrected chi connectivity index (χ4v) is 1.36. The van der Waals surface area contributed by atoms with Crippen molar-refractivity contribution in [2.24, 2.45) is 5.92 Å². The standard InChI is InChI=1S/C14H18O2/c1-4-16-14-7-5-12(6-8-14)9-13(10-15)11(2)3/h5-11H,4H2,1-3H3. The Bertz CT molecular complexity index is 361. The van der Waals surface area contributed by atoms with Crippen molar-refractivity contribution in [2.45, 2.75) is 20.8 Å². The van der Waals surface area contributed by atoms with Crippen molar-refractivity contribution < 1.29 is 9.53 Å². The molecule has 2 nitrogen and oxygen atoms in total. The zero-order chi connectivity index (χ0) is 12.0. The molecule has 0 heterocycles. The van der Waals surface area contributed by atoms with Crippen molar-refractivity contribution >= 4 is 12.4 Å². The summed E-state index contributed by atoms with van der Waals surface area (Å²) in [4.78, 5) is 10.8. The van der Waals surface area contributed by atoms with Crippen LogP contribution in [0.5, 0.6) is 5.75 Å². The van der Waals surface area contributed by atoms with E-state index in [0.717, 1.165) is 23.2 Å². The number of allylic oxidation sites excluding steroid dienone is 1. The van der Waals surface area contributed by atoms with Gasteiger partial charge in [-0.15, -0.1) is 0 Å². The summed E-state index contributed by atoms with van der Waals surface area (Å²) in [5.41, 5.74) is 1.84. The maximum atomic E-state index is 10.8. The summed E-state index contributed by atoms with van der Waals surface area (Å²) in [6.07, 6.45) is 2.83. The predicted molar refractivity (Wildman–Crippen MR) is 66.5 cm³/mol. The lowest BCUT2D eigenvalue weighted by Gasteiger charge is -2.05. The van der Waals surface area contributed by atoms with E-state index in [1.54, 1.807) is 0 Å². The molecule has 1 rings (SSSR count). The van der Waals surface area contributed by atoms with E-state index in [9.17, 15) is 4.79 Å². The quantitative estimate of drug-likeness (QED) is 0.559. The molecule has 16 heavy (non-hydrogen) atoms. The first-order valence-corrected chi connectivity index (χ1v) is 5.57. The van der Waals surface area contributed by atoms with Gasteiger partial charge in [0.1, 0.15) is 12.0 Å². The van der Waals surface area contributed by atoms with Crippen LogP contribution in [0, 0.1) is 5.92 Å². The fraction of sp³-hybridized carbons (Fsp3) is 0.357. The van der Waals surface area contributed by atoms with E-state index < -0.39 is 0 Å². The fourth-order valence-electron chi connectivity index (χ4n) is 1.36. The van der Waals surface area contributed by atoms with Gasteiger partial charge in [0.05, 0.1) is 6.61 Å². The molecule has 0 unspecified atom stereocenters. The summed E-state index contributed by atoms with van der Waals surface area (Å²) >= 11 is 0. The molecule has 0 N–H and O–H groups in total. The Hall–Kier alpha value is -1.57. The van der Waals surface area contributed by atoms with Crippen LogP contribution in [0.25, 0.3) is 6.08 Å². The summed E-state index contributed by atoms with van der Waals surface area (Å²) in [6, 6.07) is 7.74. The smallest absolute Gasteiger partial charge is 0.146 e. The molecular formula is C14H18O2. The largest absolute Gasteiger partial charge is 0.494 e. The summed E-state index contributed by atoms with van der Waals surface area (Å²) in [7, 11) is 0. The minimum Gasteiger partial charge on any atom is -0.494 e. The van der Waals surface area contributed by atoms with Gasteiger partial charge in [-0.3, -0.25) is 4.79 Å². The predicted octanol–water partition coefficient (Wildman–Crippen LogP) is 3.32. The van der Waals surface area contributed by atoms with Gasteiger partial charge in [0, 0.05) is 0 Å². The highest BCUT2D eigenvalue weighted by Gasteiger charge is 2.01. The molecule has 0 radical (unpaired) electrons. The van der Waals surface area contributed by atoms with Crippen LogP contribution in [0.2, 0.25) is 0 Å². The molecule has 0 atom stereocenters. The number of carbonyl (C=O) groups excluding carboxylic acids is 1. The molecule has 1 aromatic rings. The summed E-state index contributed by atoms with van der Waals surface area (Å²) in [5.74, 6) is 1.11. The topological polar surface area (TPSA) is 26.3 Å². The van der Waals surface area contributed by atoms with Crippen LogP contribution in [0.4, 0.5) is 0 Å². The SMILES string of the molecule is CCOc1ccc(C=C(C=O)C(C)C)cc1. The number of benzene rings is 1. The summed E-state index contributed by atoms with van der Waals surface area (Å²) in [5, 5.41) is 0. The monoisotopic (exact) mass is 218 g/mol. The Balaban J connectivity index is 2.85. The van der Waals surface area contributed by atoms with Gasteiger partial charge in [-0.05, 0) is 42.2 Å². The van der Waals surface area contributed by atoms with E-state index in [4.69, 9.17) is 4.74 Å². The summed E-state index contributed by atoms with van der Waals surface area (Å²) < 4.78 is 5.35. The molecular weight excluding hydrogens is 200 g/mol. The zero-order valence-electron chi connectivity index (χ0n) is 10.1. The van der Waals surface area contributed by atoms with Crippen LogP contribution in [0.15, 0.2) is 29.8 Å². The molecule has 0 spiro atoms. The van der Waals surface area contributed by atoms with Crippen LogP contribution in [0.3, 0.4) is 0 Å². The highest BCUT2D eigenvalue weighted by Crippen LogP contribution is 2.16. The first-order valence-electron chi connectivity index (χ1n) is 5.57. The Morgan fingerprint density at radius 1 is 1.31 bits per heavy atom. The number of hydrogen-bond donors (Lipinski definition) is 0. The normalized spacial score (nSPS) is 11.6. The third-order valence-electron chi connectivity index (χ3n) is 2.33. The molecule has 0 saturated heterocycles. The Morgan fingerprint density at radius 2 is 1.94 bits per heavy atom. The Kier molecular flexibility index (Phi) is 4.77. The van der Waals surface area contributed by atoms with E-state index in [-0.39, 0.29) is 5.92 Å². The molecule has 86 valence electrons. The second-order valence-electron chi connectivity index (χ2n) is 3.92. The van der Waals surface area contributed by atoms with Gasteiger partial charge in [-0.2, -0.15) is 0 Å². The number of carbonyl (C=O) groups is 1. The van der Waals surface area contributed by atoms with Crippen LogP contribution < -0.4 is 4.74 Å². The molecule has 2 heteroatoms. The molecule has 0 amide bonds. The van der Waals surface area contributed by atoms with E-state index in [1.807, 2.05) is 51.1 Å². The third-order valence-corrected chi connectivity index (χ3v) is 2.33. The van der Waals surface area contributed by atoms with Gasteiger partial charge in [-0.25, -0.2) is 0 Å². The zero-order valence-corrected chi connectivity index (χ0v) is 10.1. The number of rotatable bonds is 5. The molecule has 0 aliphatic heterocycles. The highest BCUT2D eigenvalue weighted by molar-refractivity contribution is 5.82. The second kappa shape index (κ2) is 6.11. The molecule has 0 saturated carbocycles. The van der Waals surface area contributed by atoms with Crippen molar-refractivity contribution in [1.82, 2.24) is 0 Å². The maximum absolute atomic E-state index is 10.8. The van der Waals surface area contributed by atoms with Crippen LogP contribution in [0.1, 0.15) is 26.3 Å². The summed E-state index contributed by atoms with van der Waals surface area (Å²) in [6.45, 7) is 6.64. The van der Waals surface area contributed by atoms with E-state index in [2.05, 4.69) is 0 Å². The van der Waals surface area contributed by atoms with Crippen molar-refractivity contribution in [2.75, 3.05) is 6.61 Å². The lowest BCUT2D eigenvalue weighted by Crippen LogP contribution is -1.95. The minimum absolute atomic E-state index is 0.254. The van der Waals surface area contributed by atoms with Gasteiger partial charge in [0.2, 0.25) is 0 Å². The van der Waals surface area contributed by atoms with E-state index in [1.165, 1.54) is 0 Å². The highest BCUT2D eigenvalue weighted by atomic mass is 16.5. The molecule has 1 aromatic carbocycles. The van der Waals surface area contributed by atoms with Gasteiger partial charge in [-0.1, -0.05) is 26.0 Å². The second-order valence-corrected chi connectivity index (χ2v) is 3.92. The first kappa shape index (κ1) is 12.5. The van der Waals surface area contributed by atoms with Crippen molar-refractivity contribution in [3.63, 3.8) is 0 Å².